The van der Waals surface area contributed by atoms with Crippen LogP contribution in [0.25, 0.3) is 0 Å². The van der Waals surface area contributed by atoms with Crippen molar-refractivity contribution in [2.75, 3.05) is 19.8 Å². The minimum absolute atomic E-state index is 0.224. The van der Waals surface area contributed by atoms with Crippen LogP contribution in [0, 0.1) is 0 Å². The number of benzene rings is 1. The van der Waals surface area contributed by atoms with E-state index in [9.17, 15) is 0 Å². The van der Waals surface area contributed by atoms with Gasteiger partial charge in [-0.15, -0.1) is 0 Å². The molecule has 0 amide bonds. The van der Waals surface area contributed by atoms with Crippen LogP contribution < -0.4 is 10.1 Å². The molecule has 0 bridgehead atoms. The van der Waals surface area contributed by atoms with E-state index in [-0.39, 0.29) is 6.10 Å². The lowest BCUT2D eigenvalue weighted by atomic mass is 9.87. The Morgan fingerprint density at radius 2 is 2.24 bits per heavy atom. The van der Waals surface area contributed by atoms with Crippen molar-refractivity contribution in [1.29, 1.82) is 0 Å². The van der Waals surface area contributed by atoms with E-state index in [2.05, 4.69) is 30.4 Å². The summed E-state index contributed by atoms with van der Waals surface area (Å²) < 4.78 is 11.6. The Morgan fingerprint density at radius 1 is 1.29 bits per heavy atom. The zero-order valence-corrected chi connectivity index (χ0v) is 13.1. The number of nitrogens with one attached hydrogen (secondary N) is 1. The third kappa shape index (κ3) is 3.78. The highest BCUT2D eigenvalue weighted by Crippen LogP contribution is 2.33. The summed E-state index contributed by atoms with van der Waals surface area (Å²) in [5.74, 6) is 1.01. The average Bonchev–Trinajstić information content (AvgIpc) is 2.54. The highest BCUT2D eigenvalue weighted by atomic mass is 16.5. The molecule has 2 unspecified atom stereocenters. The lowest BCUT2D eigenvalue weighted by Gasteiger charge is -2.28. The quantitative estimate of drug-likeness (QED) is 0.898. The third-order valence-electron chi connectivity index (χ3n) is 4.49. The fraction of sp³-hybridized carbons (Fsp3) is 0.667. The van der Waals surface area contributed by atoms with Crippen molar-refractivity contribution >= 4 is 0 Å². The summed E-state index contributed by atoms with van der Waals surface area (Å²) in [5.41, 5.74) is 2.94. The van der Waals surface area contributed by atoms with Crippen LogP contribution in [0.1, 0.15) is 56.2 Å². The largest absolute Gasteiger partial charge is 0.488 e. The number of rotatable bonds is 5. The van der Waals surface area contributed by atoms with Gasteiger partial charge in [-0.1, -0.05) is 13.0 Å². The molecule has 0 spiro atoms. The molecule has 1 aromatic carbocycles. The Labute approximate surface area is 128 Å². The lowest BCUT2D eigenvalue weighted by molar-refractivity contribution is 0.00737. The van der Waals surface area contributed by atoms with Crippen LogP contribution >= 0.6 is 0 Å². The van der Waals surface area contributed by atoms with Crippen molar-refractivity contribution in [3.63, 3.8) is 0 Å². The van der Waals surface area contributed by atoms with Gasteiger partial charge in [0.05, 0.1) is 6.61 Å². The monoisotopic (exact) mass is 289 g/mol. The van der Waals surface area contributed by atoms with Gasteiger partial charge in [-0.25, -0.2) is 0 Å². The maximum Gasteiger partial charge on any atom is 0.122 e. The number of ether oxygens (including phenoxy) is 2. The predicted octanol–water partition coefficient (Wildman–Crippen LogP) is 3.62. The highest BCUT2D eigenvalue weighted by Gasteiger charge is 2.21. The van der Waals surface area contributed by atoms with Crippen LogP contribution in [0.5, 0.6) is 5.75 Å². The second kappa shape index (κ2) is 7.28. The minimum Gasteiger partial charge on any atom is -0.488 e. The Bertz CT molecular complexity index is 455. The summed E-state index contributed by atoms with van der Waals surface area (Å²) in [6, 6.07) is 7.15. The van der Waals surface area contributed by atoms with Gasteiger partial charge in [0, 0.05) is 12.6 Å². The fourth-order valence-corrected chi connectivity index (χ4v) is 3.38. The first-order chi connectivity index (χ1) is 10.4. The van der Waals surface area contributed by atoms with E-state index in [0.717, 1.165) is 38.3 Å². The first-order valence-corrected chi connectivity index (χ1v) is 8.47. The third-order valence-corrected chi connectivity index (χ3v) is 4.49. The summed E-state index contributed by atoms with van der Waals surface area (Å²) in [7, 11) is 0. The average molecular weight is 289 g/mol. The first-order valence-electron chi connectivity index (χ1n) is 8.47. The van der Waals surface area contributed by atoms with Crippen molar-refractivity contribution in [3.05, 3.63) is 29.3 Å². The molecular weight excluding hydrogens is 262 g/mol. The van der Waals surface area contributed by atoms with Crippen molar-refractivity contribution in [3.8, 4) is 5.75 Å². The topological polar surface area (TPSA) is 30.5 Å². The molecular formula is C18H27NO2. The summed E-state index contributed by atoms with van der Waals surface area (Å²) >= 11 is 0. The molecule has 1 saturated heterocycles. The smallest absolute Gasteiger partial charge is 0.122 e. The minimum atomic E-state index is 0.224. The summed E-state index contributed by atoms with van der Waals surface area (Å²) in [6.45, 7) is 4.92. The fourth-order valence-electron chi connectivity index (χ4n) is 3.38. The standard InChI is InChI=1S/C18H27NO2/c1-2-10-19-18-7-3-5-14-8-9-15(12-17(14)18)21-16-6-4-11-20-13-16/h8-9,12,16,18-19H,2-7,10-11,13H2,1H3. The van der Waals surface area contributed by atoms with Crippen LogP contribution in [0.15, 0.2) is 18.2 Å². The van der Waals surface area contributed by atoms with Gasteiger partial charge < -0.3 is 14.8 Å². The van der Waals surface area contributed by atoms with E-state index < -0.39 is 0 Å². The Morgan fingerprint density at radius 3 is 3.05 bits per heavy atom. The molecule has 0 radical (unpaired) electrons. The van der Waals surface area contributed by atoms with Crippen LogP contribution in [0.4, 0.5) is 0 Å². The van der Waals surface area contributed by atoms with Crippen molar-refractivity contribution < 1.29 is 9.47 Å². The maximum absolute atomic E-state index is 6.12. The first kappa shape index (κ1) is 14.9. The molecule has 0 aromatic heterocycles. The van der Waals surface area contributed by atoms with Gasteiger partial charge in [0.25, 0.3) is 0 Å². The van der Waals surface area contributed by atoms with Crippen molar-refractivity contribution in [1.82, 2.24) is 5.32 Å². The summed E-state index contributed by atoms with van der Waals surface area (Å²) in [6.07, 6.45) is 7.34. The van der Waals surface area contributed by atoms with Crippen LogP contribution in [0.3, 0.4) is 0 Å². The summed E-state index contributed by atoms with van der Waals surface area (Å²) in [5, 5.41) is 3.68. The Hall–Kier alpha value is -1.06. The number of hydrogen-bond donors (Lipinski definition) is 1. The summed E-state index contributed by atoms with van der Waals surface area (Å²) in [4.78, 5) is 0. The Kier molecular flexibility index (Phi) is 5.15. The zero-order valence-electron chi connectivity index (χ0n) is 13.1. The molecule has 3 nitrogen and oxygen atoms in total. The molecule has 21 heavy (non-hydrogen) atoms. The SMILES string of the molecule is CCCNC1CCCc2ccc(OC3CCCOC3)cc21. The lowest BCUT2D eigenvalue weighted by Crippen LogP contribution is -2.28. The maximum atomic E-state index is 6.12. The second-order valence-electron chi connectivity index (χ2n) is 6.22. The van der Waals surface area contributed by atoms with Crippen molar-refractivity contribution in [2.24, 2.45) is 0 Å². The van der Waals surface area contributed by atoms with Gasteiger partial charge in [-0.05, 0) is 68.3 Å². The second-order valence-corrected chi connectivity index (χ2v) is 6.22. The van der Waals surface area contributed by atoms with Gasteiger partial charge in [0.15, 0.2) is 0 Å². The highest BCUT2D eigenvalue weighted by molar-refractivity contribution is 5.39. The zero-order chi connectivity index (χ0) is 14.5. The van der Waals surface area contributed by atoms with E-state index in [1.165, 1.54) is 36.8 Å². The molecule has 2 aliphatic rings. The molecule has 2 atom stereocenters. The predicted molar refractivity (Wildman–Crippen MR) is 84.9 cm³/mol. The van der Waals surface area contributed by atoms with Crippen LogP contribution in [-0.4, -0.2) is 25.9 Å². The molecule has 116 valence electrons. The Balaban J connectivity index is 1.71. The molecule has 1 heterocycles. The molecule has 3 rings (SSSR count). The molecule has 3 heteroatoms. The molecule has 1 aromatic rings. The van der Waals surface area contributed by atoms with Crippen LogP contribution in [0.2, 0.25) is 0 Å². The van der Waals surface area contributed by atoms with Gasteiger partial charge in [0.2, 0.25) is 0 Å². The molecule has 0 saturated carbocycles. The van der Waals surface area contributed by atoms with Crippen LogP contribution in [-0.2, 0) is 11.2 Å². The molecule has 1 N–H and O–H groups in total. The number of hydrogen-bond acceptors (Lipinski definition) is 3. The van der Waals surface area contributed by atoms with Gasteiger partial charge >= 0.3 is 0 Å². The molecule has 1 aliphatic carbocycles. The molecule has 1 fully saturated rings. The number of aryl methyl sites for hydroxylation is 1. The van der Waals surface area contributed by atoms with E-state index >= 15 is 0 Å². The van der Waals surface area contributed by atoms with E-state index in [1.54, 1.807) is 0 Å². The van der Waals surface area contributed by atoms with Gasteiger partial charge in [-0.3, -0.25) is 0 Å². The van der Waals surface area contributed by atoms with E-state index in [0.29, 0.717) is 6.04 Å². The van der Waals surface area contributed by atoms with E-state index in [1.807, 2.05) is 0 Å². The number of fused-ring (bicyclic) bond motifs is 1. The van der Waals surface area contributed by atoms with Gasteiger partial charge in [-0.2, -0.15) is 0 Å². The van der Waals surface area contributed by atoms with Gasteiger partial charge in [0.1, 0.15) is 11.9 Å². The van der Waals surface area contributed by atoms with Crippen molar-refractivity contribution in [2.45, 2.75) is 57.6 Å². The van der Waals surface area contributed by atoms with E-state index in [4.69, 9.17) is 9.47 Å². The normalized spacial score (nSPS) is 25.4. The molecule has 1 aliphatic heterocycles.